The Bertz CT molecular complexity index is 4500. The molecule has 0 aliphatic heterocycles. The van der Waals surface area contributed by atoms with Crippen LogP contribution in [0, 0.1) is 0 Å². The minimum Gasteiger partial charge on any atom is -0.444 e. The molecule has 464 valence electrons. The topological polar surface area (TPSA) is 276 Å². The van der Waals surface area contributed by atoms with Crippen LogP contribution in [-0.4, -0.2) is 92.4 Å². The summed E-state index contributed by atoms with van der Waals surface area (Å²) in [5.74, 6) is 0.378. The summed E-state index contributed by atoms with van der Waals surface area (Å²) in [6.07, 6.45) is 10.1. The maximum absolute atomic E-state index is 13.6. The van der Waals surface area contributed by atoms with E-state index in [4.69, 9.17) is 43.6 Å². The van der Waals surface area contributed by atoms with Crippen LogP contribution in [0.25, 0.3) is 44.3 Å². The molecule has 4 atom stereocenters. The van der Waals surface area contributed by atoms with Gasteiger partial charge in [0.05, 0.1) is 54.7 Å². The first-order valence-corrected chi connectivity index (χ1v) is 32.3. The van der Waals surface area contributed by atoms with Crippen LogP contribution in [0.5, 0.6) is 0 Å². The van der Waals surface area contributed by atoms with Crippen LogP contribution in [0.2, 0.25) is 10.0 Å². The number of nitrogens with zero attached hydrogens (tertiary/aromatic N) is 6. The van der Waals surface area contributed by atoms with Crippen molar-refractivity contribution < 1.29 is 36.0 Å². The molecule has 4 heterocycles. The molecule has 3 amide bonds. The second-order valence-electron chi connectivity index (χ2n) is 22.6. The number of anilines is 4. The fourth-order valence-electron chi connectivity index (χ4n) is 10.9. The second kappa shape index (κ2) is 27.0. The molecular formula is C65H63Cl3N12O8S2. The molecule has 0 saturated heterocycles. The molecule has 6 aromatic carbocycles. The van der Waals surface area contributed by atoms with Crippen molar-refractivity contribution in [3.05, 3.63) is 204 Å². The van der Waals surface area contributed by atoms with E-state index in [1.807, 2.05) is 24.3 Å². The largest absolute Gasteiger partial charge is 0.444 e. The number of hydrogen-bond donors (Lipinski definition) is 6. The first kappa shape index (κ1) is 63.9. The van der Waals surface area contributed by atoms with Gasteiger partial charge in [-0.15, -0.1) is 12.4 Å². The third-order valence-corrected chi connectivity index (χ3v) is 19.1. The number of amides is 3. The molecule has 90 heavy (non-hydrogen) atoms. The molecule has 0 bridgehead atoms. The lowest BCUT2D eigenvalue weighted by molar-refractivity contribution is 0.0635. The highest BCUT2D eigenvalue weighted by atomic mass is 35.5. The number of nitrogens with two attached hydrogens (primary N) is 1. The van der Waals surface area contributed by atoms with E-state index < -0.39 is 31.7 Å². The molecule has 2 aliphatic rings. The molecule has 25 heteroatoms. The minimum atomic E-state index is -3.89. The Hall–Kier alpha value is -9.06. The molecule has 2 aliphatic carbocycles. The van der Waals surface area contributed by atoms with Crippen molar-refractivity contribution in [2.24, 2.45) is 0 Å². The molecule has 4 aromatic heterocycles. The van der Waals surface area contributed by atoms with E-state index >= 15 is 0 Å². The number of halogens is 3. The van der Waals surface area contributed by atoms with Gasteiger partial charge in [0.1, 0.15) is 5.60 Å². The van der Waals surface area contributed by atoms with Gasteiger partial charge in [0.15, 0.2) is 0 Å². The Kier molecular flexibility index (Phi) is 19.2. The molecule has 10 aromatic rings. The standard InChI is InChI=1S/C35H35ClN6O5S.C30H27ClN6O3S.ClH/c1-35(2,3)47-34(44)40-23-15-13-22(14-16-23)32(43)38-24-17-18-25(19-24)39-33-37-20-29(36)31(41-33)28-21-42(30-12-8-7-11-27(28)30)48(45,46)26-9-5-4-6-10-26;31-26-17-33-30(35-22-15-14-21(16-22)34-29(38)19-10-12-20(32)13-11-19)36-28(26)25-18-37(27-9-5-4-8-24(25)27)41(39,40)23-6-2-1-3-7-23;/h4-16,20-21,24-25H,17-19H2,1-3H3,(H,38,43)(H,40,44)(H,37,39,41);1-13,17-18,21-22H,14-16,32H2,(H,34,38)(H,33,35,36);1H/t24-,25?;21-,22?;/m11./s1. The fourth-order valence-corrected chi connectivity index (χ4v) is 14.1. The number of nitrogen functional groups attached to an aromatic ring is 1. The average Bonchev–Trinajstić information content (AvgIpc) is 1.62. The lowest BCUT2D eigenvalue weighted by atomic mass is 10.1. The summed E-state index contributed by atoms with van der Waals surface area (Å²) in [7, 11) is -7.74. The van der Waals surface area contributed by atoms with E-state index in [9.17, 15) is 31.2 Å². The first-order chi connectivity index (χ1) is 42.7. The number of rotatable bonds is 15. The second-order valence-corrected chi connectivity index (χ2v) is 27.0. The maximum atomic E-state index is 13.6. The molecule has 0 radical (unpaired) electrons. The zero-order valence-electron chi connectivity index (χ0n) is 48.9. The van der Waals surface area contributed by atoms with Crippen LogP contribution in [0.15, 0.2) is 192 Å². The summed E-state index contributed by atoms with van der Waals surface area (Å²) in [4.78, 5) is 56.2. The van der Waals surface area contributed by atoms with Crippen molar-refractivity contribution >= 4 is 119 Å². The predicted molar refractivity (Wildman–Crippen MR) is 353 cm³/mol. The van der Waals surface area contributed by atoms with E-state index in [1.54, 1.807) is 167 Å². The van der Waals surface area contributed by atoms with E-state index in [0.717, 1.165) is 25.7 Å². The molecule has 20 nitrogen and oxygen atoms in total. The van der Waals surface area contributed by atoms with E-state index in [0.29, 0.717) is 96.6 Å². The maximum Gasteiger partial charge on any atom is 0.412 e. The molecule has 2 saturated carbocycles. The van der Waals surface area contributed by atoms with Crippen molar-refractivity contribution in [1.29, 1.82) is 0 Å². The molecule has 7 N–H and O–H groups in total. The third kappa shape index (κ3) is 14.5. The van der Waals surface area contributed by atoms with Gasteiger partial charge in [0, 0.05) is 81.0 Å². The van der Waals surface area contributed by atoms with Crippen molar-refractivity contribution in [1.82, 2.24) is 38.5 Å². The quantitative estimate of drug-likeness (QED) is 0.0521. The SMILES string of the molecule is CC(C)(C)OC(=O)Nc1ccc(C(=O)N[C@@H]2CCC(Nc3ncc(Cl)c(-c4cn(S(=O)(=O)c5ccccc5)c5ccccc45)n3)C2)cc1.Cl.Nc1ccc(C(=O)N[C@@H]2CCC(Nc3ncc(Cl)c(-c4cn(S(=O)(=O)c5ccccc5)c5ccccc45)n3)C2)cc1. The Morgan fingerprint density at radius 3 is 1.36 bits per heavy atom. The van der Waals surface area contributed by atoms with Crippen LogP contribution >= 0.6 is 35.6 Å². The average molecular weight is 1310 g/mol. The van der Waals surface area contributed by atoms with Gasteiger partial charge in [-0.3, -0.25) is 14.9 Å². The van der Waals surface area contributed by atoms with Gasteiger partial charge in [0.2, 0.25) is 11.9 Å². The Labute approximate surface area is 536 Å². The number of benzene rings is 6. The van der Waals surface area contributed by atoms with E-state index in [1.165, 1.54) is 20.3 Å². The van der Waals surface area contributed by atoms with Crippen molar-refractivity contribution in [2.75, 3.05) is 21.7 Å². The Morgan fingerprint density at radius 1 is 0.544 bits per heavy atom. The number of aromatic nitrogens is 6. The van der Waals surface area contributed by atoms with Gasteiger partial charge in [-0.25, -0.2) is 49.5 Å². The summed E-state index contributed by atoms with van der Waals surface area (Å²) in [5, 5.41) is 17.5. The molecule has 2 fully saturated rings. The summed E-state index contributed by atoms with van der Waals surface area (Å²) < 4.78 is 62.1. The zero-order valence-corrected chi connectivity index (χ0v) is 52.8. The highest BCUT2D eigenvalue weighted by molar-refractivity contribution is 7.90. The number of carbonyl (C=O) groups is 3. The van der Waals surface area contributed by atoms with E-state index in [-0.39, 0.29) is 63.2 Å². The van der Waals surface area contributed by atoms with Gasteiger partial charge in [-0.2, -0.15) is 0 Å². The van der Waals surface area contributed by atoms with Gasteiger partial charge in [-0.05, 0) is 144 Å². The zero-order chi connectivity index (χ0) is 62.6. The van der Waals surface area contributed by atoms with Crippen molar-refractivity contribution in [3.8, 4) is 22.5 Å². The summed E-state index contributed by atoms with van der Waals surface area (Å²) in [6, 6.07) is 44.4. The van der Waals surface area contributed by atoms with Crippen molar-refractivity contribution in [3.63, 3.8) is 0 Å². The van der Waals surface area contributed by atoms with Gasteiger partial charge in [-0.1, -0.05) is 96.0 Å². The van der Waals surface area contributed by atoms with Crippen LogP contribution in [-0.2, 0) is 24.8 Å². The summed E-state index contributed by atoms with van der Waals surface area (Å²) in [6.45, 7) is 5.35. The normalized spacial score (nSPS) is 16.5. The van der Waals surface area contributed by atoms with Gasteiger partial charge < -0.3 is 31.7 Å². The minimum absolute atomic E-state index is 0. The molecule has 2 unspecified atom stereocenters. The summed E-state index contributed by atoms with van der Waals surface area (Å²) in [5.41, 5.74) is 10.3. The first-order valence-electron chi connectivity index (χ1n) is 28.6. The number of para-hydroxylation sites is 2. The Balaban J connectivity index is 0.000000198. The fraction of sp³-hybridized carbons (Fsp3) is 0.215. The highest BCUT2D eigenvalue weighted by Crippen LogP contribution is 2.38. The van der Waals surface area contributed by atoms with Crippen LogP contribution < -0.4 is 32.3 Å². The number of ether oxygens (including phenoxy) is 1. The number of carbonyl (C=O) groups excluding carboxylic acids is 3. The van der Waals surface area contributed by atoms with Crippen molar-refractivity contribution in [2.45, 2.75) is 98.9 Å². The third-order valence-electron chi connectivity index (χ3n) is 15.1. The highest BCUT2D eigenvalue weighted by Gasteiger charge is 2.31. The lowest BCUT2D eigenvalue weighted by Gasteiger charge is -2.19. The molecule has 0 spiro atoms. The predicted octanol–water partition coefficient (Wildman–Crippen LogP) is 12.9. The molecular weight excluding hydrogens is 1250 g/mol. The molecule has 12 rings (SSSR count). The van der Waals surface area contributed by atoms with Crippen LogP contribution in [0.4, 0.5) is 28.1 Å². The van der Waals surface area contributed by atoms with Crippen LogP contribution in [0.3, 0.4) is 0 Å². The number of nitrogens with one attached hydrogen (secondary N) is 5. The monoisotopic (exact) mass is 1310 g/mol. The Morgan fingerprint density at radius 2 is 0.933 bits per heavy atom. The van der Waals surface area contributed by atoms with Gasteiger partial charge >= 0.3 is 6.09 Å². The van der Waals surface area contributed by atoms with Gasteiger partial charge in [0.25, 0.3) is 31.9 Å². The summed E-state index contributed by atoms with van der Waals surface area (Å²) >= 11 is 13.2. The lowest BCUT2D eigenvalue weighted by Crippen LogP contribution is -2.34. The smallest absolute Gasteiger partial charge is 0.412 e. The van der Waals surface area contributed by atoms with E-state index in [2.05, 4.69) is 36.6 Å². The number of hydrogen-bond acceptors (Lipinski definition) is 15. The number of fused-ring (bicyclic) bond motifs is 2. The van der Waals surface area contributed by atoms with Crippen LogP contribution in [0.1, 0.15) is 80.0 Å².